The lowest BCUT2D eigenvalue weighted by molar-refractivity contribution is -0.139. The van der Waals surface area contributed by atoms with Gasteiger partial charge in [0.2, 0.25) is 0 Å². The van der Waals surface area contributed by atoms with Gasteiger partial charge < -0.3 is 10.4 Å². The third-order valence-corrected chi connectivity index (χ3v) is 2.86. The van der Waals surface area contributed by atoms with Crippen LogP contribution in [0.5, 0.6) is 0 Å². The molecule has 3 heteroatoms. The van der Waals surface area contributed by atoms with Gasteiger partial charge in [0.25, 0.3) is 0 Å². The van der Waals surface area contributed by atoms with Crippen LogP contribution in [0, 0.1) is 0 Å². The largest absolute Gasteiger partial charge is 0.480 e. The molecule has 0 bridgehead atoms. The molecule has 2 N–H and O–H groups in total. The summed E-state index contributed by atoms with van der Waals surface area (Å²) in [6.07, 6.45) is 2.61. The minimum absolute atomic E-state index is 0.313. The maximum absolute atomic E-state index is 10.7. The van der Waals surface area contributed by atoms with Crippen molar-refractivity contribution in [3.05, 3.63) is 35.9 Å². The monoisotopic (exact) mass is 205 g/mol. The third-order valence-electron chi connectivity index (χ3n) is 2.86. The lowest BCUT2D eigenvalue weighted by Gasteiger charge is -2.11. The van der Waals surface area contributed by atoms with E-state index in [9.17, 15) is 4.79 Å². The van der Waals surface area contributed by atoms with Crippen LogP contribution in [0.15, 0.2) is 30.3 Å². The predicted molar refractivity (Wildman–Crippen MR) is 57.7 cm³/mol. The summed E-state index contributed by atoms with van der Waals surface area (Å²) in [7, 11) is 0. The topological polar surface area (TPSA) is 49.3 Å². The maximum Gasteiger partial charge on any atom is 0.320 e. The number of carbonyl (C=O) groups is 1. The SMILES string of the molecule is O=C(O)[C@@H]1CC[C@H](Cc2ccccc2)N1. The minimum Gasteiger partial charge on any atom is -0.480 e. The summed E-state index contributed by atoms with van der Waals surface area (Å²) in [5, 5.41) is 12.0. The van der Waals surface area contributed by atoms with Crippen molar-refractivity contribution < 1.29 is 9.90 Å². The summed E-state index contributed by atoms with van der Waals surface area (Å²) < 4.78 is 0. The van der Waals surface area contributed by atoms with E-state index in [4.69, 9.17) is 5.11 Å². The van der Waals surface area contributed by atoms with E-state index in [-0.39, 0.29) is 6.04 Å². The first-order valence-corrected chi connectivity index (χ1v) is 5.28. The lowest BCUT2D eigenvalue weighted by Crippen LogP contribution is -2.36. The molecular formula is C12H15NO2. The highest BCUT2D eigenvalue weighted by atomic mass is 16.4. The summed E-state index contributed by atoms with van der Waals surface area (Å²) in [6, 6.07) is 10.1. The fourth-order valence-electron chi connectivity index (χ4n) is 2.07. The Kier molecular flexibility index (Phi) is 3.02. The first kappa shape index (κ1) is 10.2. The number of aliphatic carboxylic acids is 1. The fourth-order valence-corrected chi connectivity index (χ4v) is 2.07. The van der Waals surface area contributed by atoms with Gasteiger partial charge in [0.05, 0.1) is 0 Å². The van der Waals surface area contributed by atoms with Crippen LogP contribution in [0.25, 0.3) is 0 Å². The van der Waals surface area contributed by atoms with Crippen molar-refractivity contribution in [2.45, 2.75) is 31.3 Å². The fraction of sp³-hybridized carbons (Fsp3) is 0.417. The van der Waals surface area contributed by atoms with Gasteiger partial charge in [0.1, 0.15) is 6.04 Å². The van der Waals surface area contributed by atoms with Crippen LogP contribution < -0.4 is 5.32 Å². The molecule has 0 unspecified atom stereocenters. The van der Waals surface area contributed by atoms with E-state index in [1.54, 1.807) is 0 Å². The Hall–Kier alpha value is -1.35. The zero-order chi connectivity index (χ0) is 10.7. The van der Waals surface area contributed by atoms with Crippen molar-refractivity contribution in [1.29, 1.82) is 0 Å². The van der Waals surface area contributed by atoms with Crippen molar-refractivity contribution in [1.82, 2.24) is 5.32 Å². The summed E-state index contributed by atoms with van der Waals surface area (Å²) in [6.45, 7) is 0. The Bertz CT molecular complexity index is 337. The highest BCUT2D eigenvalue weighted by Crippen LogP contribution is 2.16. The first-order valence-electron chi connectivity index (χ1n) is 5.28. The molecule has 0 radical (unpaired) electrons. The molecule has 0 saturated carbocycles. The highest BCUT2D eigenvalue weighted by Gasteiger charge is 2.28. The standard InChI is InChI=1S/C12H15NO2/c14-12(15)11-7-6-10(13-11)8-9-4-2-1-3-5-9/h1-5,10-11,13H,6-8H2,(H,14,15)/t10-,11+/m1/s1. The maximum atomic E-state index is 10.7. The van der Waals surface area contributed by atoms with Crippen LogP contribution in [0.2, 0.25) is 0 Å². The van der Waals surface area contributed by atoms with E-state index in [2.05, 4.69) is 17.4 Å². The van der Waals surface area contributed by atoms with Crippen LogP contribution in [-0.4, -0.2) is 23.2 Å². The predicted octanol–water partition coefficient (Wildman–Crippen LogP) is 1.43. The summed E-state index contributed by atoms with van der Waals surface area (Å²) in [5.41, 5.74) is 1.26. The summed E-state index contributed by atoms with van der Waals surface area (Å²) in [5.74, 6) is -0.731. The number of benzene rings is 1. The van der Waals surface area contributed by atoms with Crippen LogP contribution in [0.4, 0.5) is 0 Å². The molecule has 3 nitrogen and oxygen atoms in total. The molecule has 1 aromatic rings. The second-order valence-electron chi connectivity index (χ2n) is 4.02. The Morgan fingerprint density at radius 2 is 2.07 bits per heavy atom. The molecule has 0 aromatic heterocycles. The van der Waals surface area contributed by atoms with E-state index >= 15 is 0 Å². The van der Waals surface area contributed by atoms with Gasteiger partial charge in [-0.1, -0.05) is 30.3 Å². The molecule has 0 aliphatic carbocycles. The van der Waals surface area contributed by atoms with Gasteiger partial charge in [-0.2, -0.15) is 0 Å². The molecule has 1 fully saturated rings. The van der Waals surface area contributed by atoms with Crippen molar-refractivity contribution >= 4 is 5.97 Å². The number of carboxylic acid groups (broad SMARTS) is 1. The zero-order valence-electron chi connectivity index (χ0n) is 8.52. The summed E-state index contributed by atoms with van der Waals surface area (Å²) in [4.78, 5) is 10.7. The normalized spacial score (nSPS) is 25.3. The van der Waals surface area contributed by atoms with Gasteiger partial charge in [-0.25, -0.2) is 0 Å². The molecule has 2 atom stereocenters. The third kappa shape index (κ3) is 2.57. The van der Waals surface area contributed by atoms with Crippen molar-refractivity contribution in [3.8, 4) is 0 Å². The van der Waals surface area contributed by atoms with E-state index < -0.39 is 5.97 Å². The quantitative estimate of drug-likeness (QED) is 0.785. The minimum atomic E-state index is -0.731. The second-order valence-corrected chi connectivity index (χ2v) is 4.02. The number of hydrogen-bond acceptors (Lipinski definition) is 2. The van der Waals surface area contributed by atoms with Crippen molar-refractivity contribution in [2.24, 2.45) is 0 Å². The van der Waals surface area contributed by atoms with Crippen LogP contribution in [-0.2, 0) is 11.2 Å². The second kappa shape index (κ2) is 4.45. The number of carboxylic acids is 1. The highest BCUT2D eigenvalue weighted by molar-refractivity contribution is 5.73. The smallest absolute Gasteiger partial charge is 0.320 e. The van der Waals surface area contributed by atoms with Crippen molar-refractivity contribution in [2.75, 3.05) is 0 Å². The zero-order valence-corrected chi connectivity index (χ0v) is 8.52. The van der Waals surface area contributed by atoms with Gasteiger partial charge in [-0.05, 0) is 24.8 Å². The van der Waals surface area contributed by atoms with Gasteiger partial charge in [0.15, 0.2) is 0 Å². The average molecular weight is 205 g/mol. The molecule has 1 heterocycles. The Morgan fingerprint density at radius 1 is 1.33 bits per heavy atom. The molecule has 80 valence electrons. The van der Waals surface area contributed by atoms with Gasteiger partial charge in [-0.15, -0.1) is 0 Å². The Labute approximate surface area is 89.1 Å². The van der Waals surface area contributed by atoms with Gasteiger partial charge >= 0.3 is 5.97 Å². The van der Waals surface area contributed by atoms with E-state index in [1.807, 2.05) is 18.2 Å². The Balaban J connectivity index is 1.90. The van der Waals surface area contributed by atoms with Gasteiger partial charge in [0, 0.05) is 6.04 Å². The molecule has 1 aliphatic heterocycles. The molecule has 15 heavy (non-hydrogen) atoms. The number of hydrogen-bond donors (Lipinski definition) is 2. The van der Waals surface area contributed by atoms with E-state index in [0.717, 1.165) is 19.3 Å². The molecule has 1 aromatic carbocycles. The van der Waals surface area contributed by atoms with E-state index in [0.29, 0.717) is 6.04 Å². The molecule has 0 spiro atoms. The van der Waals surface area contributed by atoms with Crippen molar-refractivity contribution in [3.63, 3.8) is 0 Å². The van der Waals surface area contributed by atoms with Crippen LogP contribution >= 0.6 is 0 Å². The Morgan fingerprint density at radius 3 is 2.67 bits per heavy atom. The molecule has 2 rings (SSSR count). The summed E-state index contributed by atoms with van der Waals surface area (Å²) >= 11 is 0. The average Bonchev–Trinajstić information content (AvgIpc) is 2.68. The molecule has 1 aliphatic rings. The first-order chi connectivity index (χ1) is 7.25. The van der Waals surface area contributed by atoms with Crippen LogP contribution in [0.3, 0.4) is 0 Å². The molecular weight excluding hydrogens is 190 g/mol. The number of rotatable bonds is 3. The van der Waals surface area contributed by atoms with E-state index in [1.165, 1.54) is 5.56 Å². The lowest BCUT2D eigenvalue weighted by atomic mass is 10.0. The van der Waals surface area contributed by atoms with Crippen LogP contribution in [0.1, 0.15) is 18.4 Å². The molecule has 0 amide bonds. The number of nitrogens with one attached hydrogen (secondary N) is 1. The molecule has 1 saturated heterocycles. The van der Waals surface area contributed by atoms with Gasteiger partial charge in [-0.3, -0.25) is 4.79 Å².